The second-order valence-corrected chi connectivity index (χ2v) is 10.9. The van der Waals surface area contributed by atoms with E-state index in [-0.39, 0.29) is 23.0 Å². The predicted octanol–water partition coefficient (Wildman–Crippen LogP) is 4.24. The van der Waals surface area contributed by atoms with Gasteiger partial charge in [-0.15, -0.1) is 10.2 Å². The molecule has 0 amide bonds. The highest BCUT2D eigenvalue weighted by Gasteiger charge is 2.62. The van der Waals surface area contributed by atoms with Crippen molar-refractivity contribution in [3.63, 3.8) is 0 Å². The van der Waals surface area contributed by atoms with E-state index in [9.17, 15) is 5.11 Å². The van der Waals surface area contributed by atoms with Gasteiger partial charge in [0.1, 0.15) is 17.4 Å². The Bertz CT molecular complexity index is 1260. The smallest absolute Gasteiger partial charge is 0.150 e. The lowest BCUT2D eigenvalue weighted by Crippen LogP contribution is -2.51. The van der Waals surface area contributed by atoms with Gasteiger partial charge in [0.05, 0.1) is 15.9 Å². The maximum atomic E-state index is 10.3. The number of aromatic nitrogens is 4. The largest absolute Gasteiger partial charge is 0.507 e. The van der Waals surface area contributed by atoms with Gasteiger partial charge in [-0.05, 0) is 84.0 Å². The van der Waals surface area contributed by atoms with Crippen molar-refractivity contribution >= 4 is 27.5 Å². The highest BCUT2D eigenvalue weighted by molar-refractivity contribution is 9.10. The summed E-state index contributed by atoms with van der Waals surface area (Å²) in [5, 5.41) is 30.4. The van der Waals surface area contributed by atoms with Gasteiger partial charge >= 0.3 is 0 Å². The Balaban J connectivity index is 1.25. The quantitative estimate of drug-likeness (QED) is 0.292. The number of anilines is 1. The van der Waals surface area contributed by atoms with Gasteiger partial charge in [0, 0.05) is 29.4 Å². The Hall–Kier alpha value is -3.07. The number of nitrogens with one attached hydrogen (secondary N) is 2. The van der Waals surface area contributed by atoms with E-state index in [0.717, 1.165) is 36.0 Å². The summed E-state index contributed by atoms with van der Waals surface area (Å²) in [5.74, 6) is 2.90. The summed E-state index contributed by atoms with van der Waals surface area (Å²) in [6.07, 6.45) is 9.33. The fourth-order valence-electron chi connectivity index (χ4n) is 6.73. The van der Waals surface area contributed by atoms with Gasteiger partial charge in [0.25, 0.3) is 0 Å². The van der Waals surface area contributed by atoms with Crippen molar-refractivity contribution in [2.24, 2.45) is 23.5 Å². The molecule has 0 saturated heterocycles. The molecule has 5 unspecified atom stereocenters. The van der Waals surface area contributed by atoms with Crippen molar-refractivity contribution < 1.29 is 5.11 Å². The van der Waals surface area contributed by atoms with Crippen LogP contribution < -0.4 is 11.1 Å². The number of benzene rings is 1. The second kappa shape index (κ2) is 8.01. The number of hydrogen-bond acceptors (Lipinski definition) is 7. The van der Waals surface area contributed by atoms with Crippen molar-refractivity contribution in [1.82, 2.24) is 20.2 Å². The van der Waals surface area contributed by atoms with Gasteiger partial charge in [-0.25, -0.2) is 9.97 Å². The lowest BCUT2D eigenvalue weighted by molar-refractivity contribution is 0.0401. The van der Waals surface area contributed by atoms with Crippen LogP contribution in [0.4, 0.5) is 5.69 Å². The minimum atomic E-state index is -0.121. The van der Waals surface area contributed by atoms with Crippen LogP contribution in [0.5, 0.6) is 5.75 Å². The first-order chi connectivity index (χ1) is 16.4. The molecule has 6 rings (SSSR count). The van der Waals surface area contributed by atoms with E-state index in [4.69, 9.17) is 11.1 Å². The normalized spacial score (nSPS) is 29.2. The maximum absolute atomic E-state index is 10.3. The van der Waals surface area contributed by atoms with Crippen molar-refractivity contribution in [3.8, 4) is 17.0 Å². The molecule has 0 aliphatic heterocycles. The van der Waals surface area contributed by atoms with Crippen molar-refractivity contribution in [2.75, 3.05) is 5.32 Å². The number of halogens is 1. The maximum Gasteiger partial charge on any atom is 0.150 e. The van der Waals surface area contributed by atoms with Crippen LogP contribution in [-0.4, -0.2) is 37.1 Å². The molecule has 5 N–H and O–H groups in total. The lowest BCUT2D eigenvalue weighted by atomic mass is 9.53. The molecule has 3 saturated carbocycles. The average Bonchev–Trinajstić information content (AvgIpc) is 3.00. The zero-order valence-electron chi connectivity index (χ0n) is 18.6. The molecule has 174 valence electrons. The van der Waals surface area contributed by atoms with Gasteiger partial charge in [0.15, 0.2) is 5.69 Å². The minimum Gasteiger partial charge on any atom is -0.507 e. The van der Waals surface area contributed by atoms with E-state index in [1.165, 1.54) is 6.42 Å². The first-order valence-electron chi connectivity index (χ1n) is 11.7. The molecule has 2 aromatic heterocycles. The van der Waals surface area contributed by atoms with Crippen molar-refractivity contribution in [2.45, 2.75) is 43.6 Å². The van der Waals surface area contributed by atoms with Gasteiger partial charge in [-0.2, -0.15) is 0 Å². The molecular formula is C25H26BrN7O. The number of para-hydroxylation sites is 1. The molecule has 2 heterocycles. The highest BCUT2D eigenvalue weighted by atomic mass is 79.9. The summed E-state index contributed by atoms with van der Waals surface area (Å²) in [6.45, 7) is 0. The molecule has 0 radical (unpaired) electrons. The summed E-state index contributed by atoms with van der Waals surface area (Å²) in [7, 11) is 0. The van der Waals surface area contributed by atoms with Gasteiger partial charge in [-0.3, -0.25) is 5.41 Å². The van der Waals surface area contributed by atoms with E-state index in [1.807, 2.05) is 24.5 Å². The SMILES string of the molecule is N=C(N)c1nnc(-c2ccccc2O)cc1NC1CC2CC3C(C1)CC3(c1ncc(Br)cn1)C2. The number of phenolic OH excluding ortho intramolecular Hbond substituents is 1. The van der Waals surface area contributed by atoms with Crippen LogP contribution in [0.1, 0.15) is 43.6 Å². The number of nitrogen functional groups attached to an aromatic ring is 1. The van der Waals surface area contributed by atoms with Crippen LogP contribution >= 0.6 is 15.9 Å². The third kappa shape index (κ3) is 3.45. The van der Waals surface area contributed by atoms with Crippen LogP contribution in [0.15, 0.2) is 47.2 Å². The summed E-state index contributed by atoms with van der Waals surface area (Å²) >= 11 is 3.45. The second-order valence-electron chi connectivity index (χ2n) is 9.99. The number of nitrogens with zero attached hydrogens (tertiary/aromatic N) is 4. The summed E-state index contributed by atoms with van der Waals surface area (Å²) in [6, 6.07) is 9.17. The molecule has 3 aliphatic carbocycles. The van der Waals surface area contributed by atoms with Crippen LogP contribution in [0.3, 0.4) is 0 Å². The monoisotopic (exact) mass is 519 g/mol. The molecule has 0 spiro atoms. The predicted molar refractivity (Wildman–Crippen MR) is 133 cm³/mol. The van der Waals surface area contributed by atoms with Crippen LogP contribution in [0.25, 0.3) is 11.3 Å². The van der Waals surface area contributed by atoms with E-state index in [2.05, 4.69) is 41.4 Å². The molecule has 8 nitrogen and oxygen atoms in total. The fraction of sp³-hybridized carbons (Fsp3) is 0.400. The van der Waals surface area contributed by atoms with Crippen LogP contribution in [-0.2, 0) is 5.41 Å². The Morgan fingerprint density at radius 2 is 1.91 bits per heavy atom. The van der Waals surface area contributed by atoms with Crippen molar-refractivity contribution in [1.29, 1.82) is 5.41 Å². The fourth-order valence-corrected chi connectivity index (χ4v) is 6.94. The highest BCUT2D eigenvalue weighted by Crippen LogP contribution is 2.66. The van der Waals surface area contributed by atoms with E-state index < -0.39 is 0 Å². The van der Waals surface area contributed by atoms with Crippen molar-refractivity contribution in [3.05, 3.63) is 58.7 Å². The Kier molecular flexibility index (Phi) is 5.05. The van der Waals surface area contributed by atoms with E-state index in [1.54, 1.807) is 18.2 Å². The first kappa shape index (κ1) is 21.5. The third-order valence-corrected chi connectivity index (χ3v) is 8.41. The first-order valence-corrected chi connectivity index (χ1v) is 12.5. The zero-order valence-corrected chi connectivity index (χ0v) is 20.2. The number of phenols is 1. The Morgan fingerprint density at radius 1 is 1.12 bits per heavy atom. The Labute approximate surface area is 206 Å². The number of rotatable bonds is 5. The molecule has 3 fully saturated rings. The number of nitrogens with two attached hydrogens (primary N) is 1. The molecule has 2 bridgehead atoms. The number of aromatic hydroxyl groups is 1. The van der Waals surface area contributed by atoms with Crippen LogP contribution in [0, 0.1) is 23.2 Å². The standard InChI is InChI=1S/C25H26BrN7O/c26-15-11-29-24(30-12-15)25-9-13-5-16(7-14(10-25)18(25)6-13)31-20-8-19(32-33-22(20)23(27)28)17-3-1-2-4-21(17)34/h1-4,8,11-14,16,18,34H,5-7,9-10H2,(H3,27,28)(H,31,32). The number of hydrogen-bond donors (Lipinski definition) is 4. The molecule has 9 heteroatoms. The number of fused-ring (bicyclic) bond motifs is 1. The van der Waals surface area contributed by atoms with Gasteiger partial charge in [0.2, 0.25) is 0 Å². The number of amidine groups is 1. The van der Waals surface area contributed by atoms with E-state index >= 15 is 0 Å². The van der Waals surface area contributed by atoms with E-state index in [0.29, 0.717) is 40.4 Å². The average molecular weight is 520 g/mol. The molecule has 3 aliphatic rings. The van der Waals surface area contributed by atoms with Gasteiger partial charge in [-0.1, -0.05) is 12.1 Å². The Morgan fingerprint density at radius 3 is 2.68 bits per heavy atom. The lowest BCUT2D eigenvalue weighted by Gasteiger charge is -2.52. The topological polar surface area (TPSA) is 134 Å². The summed E-state index contributed by atoms with van der Waals surface area (Å²) in [5.41, 5.74) is 8.17. The molecule has 5 atom stereocenters. The molecular weight excluding hydrogens is 494 g/mol. The summed E-state index contributed by atoms with van der Waals surface area (Å²) < 4.78 is 0.918. The summed E-state index contributed by atoms with van der Waals surface area (Å²) in [4.78, 5) is 9.36. The minimum absolute atomic E-state index is 0.121. The van der Waals surface area contributed by atoms with Gasteiger partial charge < -0.3 is 16.2 Å². The van der Waals surface area contributed by atoms with Crippen LogP contribution in [0.2, 0.25) is 0 Å². The molecule has 3 aromatic rings. The third-order valence-electron chi connectivity index (χ3n) is 8.00. The molecule has 1 aromatic carbocycles. The molecule has 34 heavy (non-hydrogen) atoms. The zero-order chi connectivity index (χ0) is 23.4.